The summed E-state index contributed by atoms with van der Waals surface area (Å²) in [6.45, 7) is 7.02. The fourth-order valence-electron chi connectivity index (χ4n) is 1.81. The second-order valence-electron chi connectivity index (χ2n) is 5.02. The Morgan fingerprint density at radius 2 is 2.16 bits per heavy atom. The Labute approximate surface area is 122 Å². The highest BCUT2D eigenvalue weighted by atomic mass is 32.2. The van der Waals surface area contributed by atoms with Crippen molar-refractivity contribution in [1.82, 2.24) is 15.1 Å². The predicted octanol–water partition coefficient (Wildman–Crippen LogP) is 2.32. The van der Waals surface area contributed by atoms with Gasteiger partial charge in [0.2, 0.25) is 11.0 Å². The molecule has 0 spiro atoms. The van der Waals surface area contributed by atoms with Gasteiger partial charge in [-0.2, -0.15) is 0 Å². The van der Waals surface area contributed by atoms with Crippen LogP contribution < -0.4 is 5.32 Å². The van der Waals surface area contributed by atoms with Crippen molar-refractivity contribution in [2.75, 3.05) is 30.7 Å². The van der Waals surface area contributed by atoms with E-state index < -0.39 is 0 Å². The lowest BCUT2D eigenvalue weighted by atomic mass is 10.2. The lowest BCUT2D eigenvalue weighted by Crippen LogP contribution is -2.29. The van der Waals surface area contributed by atoms with Gasteiger partial charge in [0.25, 0.3) is 0 Å². The summed E-state index contributed by atoms with van der Waals surface area (Å²) in [6.07, 6.45) is 2.27. The van der Waals surface area contributed by atoms with Crippen LogP contribution in [-0.2, 0) is 4.79 Å². The topological polar surface area (TPSA) is 58.1 Å². The van der Waals surface area contributed by atoms with Crippen LogP contribution in [0, 0.1) is 5.92 Å². The van der Waals surface area contributed by atoms with Crippen LogP contribution in [0.2, 0.25) is 0 Å². The summed E-state index contributed by atoms with van der Waals surface area (Å²) in [5.74, 6) is 1.27. The van der Waals surface area contributed by atoms with Crippen molar-refractivity contribution < 1.29 is 4.79 Å². The van der Waals surface area contributed by atoms with E-state index >= 15 is 0 Å². The molecular formula is C12H20N4OS2. The van der Waals surface area contributed by atoms with Gasteiger partial charge in [-0.1, -0.05) is 36.9 Å². The molecule has 1 N–H and O–H groups in total. The predicted molar refractivity (Wildman–Crippen MR) is 79.8 cm³/mol. The number of rotatable bonds is 6. The number of carbonyl (C=O) groups excluding carboxylic acids is 1. The van der Waals surface area contributed by atoms with Crippen molar-refractivity contribution in [3.63, 3.8) is 0 Å². The minimum Gasteiger partial charge on any atom is -0.360 e. The van der Waals surface area contributed by atoms with Crippen molar-refractivity contribution >= 4 is 34.1 Å². The highest BCUT2D eigenvalue weighted by Crippen LogP contribution is 2.26. The molecule has 0 atom stereocenters. The van der Waals surface area contributed by atoms with Gasteiger partial charge >= 0.3 is 0 Å². The molecule has 1 aromatic heterocycles. The van der Waals surface area contributed by atoms with Gasteiger partial charge < -0.3 is 10.2 Å². The molecule has 0 aliphatic carbocycles. The van der Waals surface area contributed by atoms with E-state index in [1.807, 2.05) is 4.90 Å². The summed E-state index contributed by atoms with van der Waals surface area (Å²) in [5.41, 5.74) is 0. The molecule has 1 aliphatic heterocycles. The first-order valence-corrected chi connectivity index (χ1v) is 8.43. The van der Waals surface area contributed by atoms with Gasteiger partial charge in [-0.3, -0.25) is 4.79 Å². The summed E-state index contributed by atoms with van der Waals surface area (Å²) in [7, 11) is 0. The first-order valence-electron chi connectivity index (χ1n) is 6.63. The summed E-state index contributed by atoms with van der Waals surface area (Å²) < 4.78 is 0.860. The smallest absolute Gasteiger partial charge is 0.233 e. The fraction of sp³-hybridized carbons (Fsp3) is 0.750. The number of carbonyl (C=O) groups is 1. The number of thioether (sulfide) groups is 1. The first kappa shape index (κ1) is 14.6. The molecular weight excluding hydrogens is 280 g/mol. The van der Waals surface area contributed by atoms with E-state index in [0.717, 1.165) is 41.9 Å². The van der Waals surface area contributed by atoms with Crippen molar-refractivity contribution in [3.05, 3.63) is 0 Å². The Morgan fingerprint density at radius 3 is 2.84 bits per heavy atom. The van der Waals surface area contributed by atoms with E-state index in [1.165, 1.54) is 23.1 Å². The maximum atomic E-state index is 11.9. The van der Waals surface area contributed by atoms with Crippen LogP contribution >= 0.6 is 23.1 Å². The maximum Gasteiger partial charge on any atom is 0.233 e. The van der Waals surface area contributed by atoms with Crippen LogP contribution in [0.5, 0.6) is 0 Å². The normalized spacial score (nSPS) is 15.2. The van der Waals surface area contributed by atoms with Gasteiger partial charge in [-0.05, 0) is 18.8 Å². The molecule has 1 amide bonds. The molecule has 19 heavy (non-hydrogen) atoms. The molecule has 1 saturated heterocycles. The minimum absolute atomic E-state index is 0.217. The molecule has 0 saturated carbocycles. The van der Waals surface area contributed by atoms with E-state index in [9.17, 15) is 4.79 Å². The summed E-state index contributed by atoms with van der Waals surface area (Å²) in [5, 5.41) is 12.2. The number of nitrogens with zero attached hydrogens (tertiary/aromatic N) is 3. The van der Waals surface area contributed by atoms with Crippen LogP contribution in [0.1, 0.15) is 26.7 Å². The second kappa shape index (κ2) is 7.09. The molecule has 0 radical (unpaired) electrons. The summed E-state index contributed by atoms with van der Waals surface area (Å²) >= 11 is 3.00. The number of likely N-dealkylation sites (tertiary alicyclic amines) is 1. The van der Waals surface area contributed by atoms with Gasteiger partial charge in [0.15, 0.2) is 4.34 Å². The molecule has 1 fully saturated rings. The molecule has 5 nitrogen and oxygen atoms in total. The quantitative estimate of drug-likeness (QED) is 0.817. The number of amides is 1. The Hall–Kier alpha value is -0.820. The lowest BCUT2D eigenvalue weighted by Gasteiger charge is -2.13. The lowest BCUT2D eigenvalue weighted by molar-refractivity contribution is -0.127. The van der Waals surface area contributed by atoms with Crippen LogP contribution in [0.25, 0.3) is 0 Å². The van der Waals surface area contributed by atoms with Crippen molar-refractivity contribution in [3.8, 4) is 0 Å². The summed E-state index contributed by atoms with van der Waals surface area (Å²) in [4.78, 5) is 13.8. The molecule has 2 heterocycles. The largest absolute Gasteiger partial charge is 0.360 e. The third-order valence-electron chi connectivity index (χ3n) is 2.85. The van der Waals surface area contributed by atoms with E-state index in [0.29, 0.717) is 11.7 Å². The van der Waals surface area contributed by atoms with Crippen molar-refractivity contribution in [2.45, 2.75) is 31.0 Å². The van der Waals surface area contributed by atoms with Crippen LogP contribution in [0.15, 0.2) is 4.34 Å². The van der Waals surface area contributed by atoms with Crippen LogP contribution in [-0.4, -0.2) is 46.4 Å². The van der Waals surface area contributed by atoms with Crippen molar-refractivity contribution in [1.29, 1.82) is 0 Å². The van der Waals surface area contributed by atoms with Crippen LogP contribution in [0.4, 0.5) is 5.13 Å². The van der Waals surface area contributed by atoms with Gasteiger partial charge in [0.05, 0.1) is 5.75 Å². The average Bonchev–Trinajstić information content (AvgIpc) is 3.04. The standard InChI is InChI=1S/C12H20N4OS2/c1-9(2)7-13-11-14-15-12(19-11)18-8-10(17)16-5-3-4-6-16/h9H,3-8H2,1-2H3,(H,13,14). The van der Waals surface area contributed by atoms with E-state index in [4.69, 9.17) is 0 Å². The zero-order valence-electron chi connectivity index (χ0n) is 11.4. The molecule has 0 unspecified atom stereocenters. The molecule has 0 bridgehead atoms. The van der Waals surface area contributed by atoms with Gasteiger partial charge in [0, 0.05) is 19.6 Å². The third-order valence-corrected chi connectivity index (χ3v) is 4.84. The minimum atomic E-state index is 0.217. The molecule has 106 valence electrons. The van der Waals surface area contributed by atoms with Crippen molar-refractivity contribution in [2.24, 2.45) is 5.92 Å². The highest BCUT2D eigenvalue weighted by Gasteiger charge is 2.18. The number of hydrogen-bond acceptors (Lipinski definition) is 6. The van der Waals surface area contributed by atoms with Gasteiger partial charge in [-0.25, -0.2) is 0 Å². The Balaban J connectivity index is 1.75. The number of anilines is 1. The fourth-order valence-corrected chi connectivity index (χ4v) is 3.47. The van der Waals surface area contributed by atoms with E-state index in [2.05, 4.69) is 29.4 Å². The SMILES string of the molecule is CC(C)CNc1nnc(SCC(=O)N2CCCC2)s1. The Morgan fingerprint density at radius 1 is 1.42 bits per heavy atom. The van der Waals surface area contributed by atoms with Crippen LogP contribution in [0.3, 0.4) is 0 Å². The number of aromatic nitrogens is 2. The zero-order valence-corrected chi connectivity index (χ0v) is 13.0. The molecule has 1 aromatic rings. The molecule has 1 aliphatic rings. The Kier molecular flexibility index (Phi) is 5.45. The molecule has 2 rings (SSSR count). The zero-order chi connectivity index (χ0) is 13.7. The monoisotopic (exact) mass is 300 g/mol. The molecule has 7 heteroatoms. The number of nitrogens with one attached hydrogen (secondary N) is 1. The highest BCUT2D eigenvalue weighted by molar-refractivity contribution is 8.01. The average molecular weight is 300 g/mol. The van der Waals surface area contributed by atoms with E-state index in [1.54, 1.807) is 0 Å². The number of hydrogen-bond donors (Lipinski definition) is 1. The maximum absolute atomic E-state index is 11.9. The van der Waals surface area contributed by atoms with E-state index in [-0.39, 0.29) is 5.91 Å². The third kappa shape index (κ3) is 4.65. The first-order chi connectivity index (χ1) is 9.15. The summed E-state index contributed by atoms with van der Waals surface area (Å²) in [6, 6.07) is 0. The Bertz CT molecular complexity index is 416. The second-order valence-corrected chi connectivity index (χ2v) is 7.22. The van der Waals surface area contributed by atoms with Gasteiger partial charge in [-0.15, -0.1) is 10.2 Å². The molecule has 0 aromatic carbocycles. The van der Waals surface area contributed by atoms with Gasteiger partial charge in [0.1, 0.15) is 0 Å².